The van der Waals surface area contributed by atoms with E-state index in [1.807, 2.05) is 7.05 Å². The number of nitrogens with zero attached hydrogens (tertiary/aromatic N) is 1. The van der Waals surface area contributed by atoms with E-state index in [-0.39, 0.29) is 6.61 Å². The van der Waals surface area contributed by atoms with Gasteiger partial charge in [-0.15, -0.1) is 0 Å². The molecule has 0 heterocycles. The Balaban J connectivity index is 3.34. The summed E-state index contributed by atoms with van der Waals surface area (Å²) in [5, 5.41) is 17.8. The molecule has 0 saturated carbocycles. The first-order valence-electron chi connectivity index (χ1n) is 5.03. The van der Waals surface area contributed by atoms with Crippen molar-refractivity contribution in [3.05, 3.63) is 0 Å². The fourth-order valence-corrected chi connectivity index (χ4v) is 1.28. The predicted octanol–water partition coefficient (Wildman–Crippen LogP) is 0.708. The monoisotopic (exact) mass is 189 g/mol. The van der Waals surface area contributed by atoms with Gasteiger partial charge in [-0.25, -0.2) is 0 Å². The number of hydrogen-bond acceptors (Lipinski definition) is 3. The van der Waals surface area contributed by atoms with Crippen molar-refractivity contribution < 1.29 is 10.2 Å². The molecule has 0 spiro atoms. The second-order valence-electron chi connectivity index (χ2n) is 4.13. The van der Waals surface area contributed by atoms with Crippen molar-refractivity contribution >= 4 is 0 Å². The molecule has 0 radical (unpaired) electrons. The van der Waals surface area contributed by atoms with Crippen LogP contribution in [0.15, 0.2) is 0 Å². The fraction of sp³-hybridized carbons (Fsp3) is 1.00. The average Bonchev–Trinajstić information content (AvgIpc) is 2.03. The van der Waals surface area contributed by atoms with Gasteiger partial charge in [0.15, 0.2) is 0 Å². The molecule has 2 N–H and O–H groups in total. The maximum Gasteiger partial charge on any atom is 0.0897 e. The lowest BCUT2D eigenvalue weighted by Gasteiger charge is -2.19. The molecule has 0 aromatic heterocycles. The van der Waals surface area contributed by atoms with Crippen LogP contribution >= 0.6 is 0 Å². The van der Waals surface area contributed by atoms with Gasteiger partial charge in [0, 0.05) is 6.54 Å². The van der Waals surface area contributed by atoms with Crippen LogP contribution in [0.1, 0.15) is 26.7 Å². The molecule has 80 valence electrons. The zero-order valence-corrected chi connectivity index (χ0v) is 9.03. The quantitative estimate of drug-likeness (QED) is 0.620. The Labute approximate surface area is 81.4 Å². The van der Waals surface area contributed by atoms with E-state index >= 15 is 0 Å². The molecule has 0 fully saturated rings. The molecule has 3 heteroatoms. The second kappa shape index (κ2) is 7.30. The summed E-state index contributed by atoms with van der Waals surface area (Å²) < 4.78 is 0. The van der Waals surface area contributed by atoms with Crippen LogP contribution in [0.2, 0.25) is 0 Å². The van der Waals surface area contributed by atoms with Crippen molar-refractivity contribution in [3.63, 3.8) is 0 Å². The topological polar surface area (TPSA) is 43.7 Å². The number of likely N-dealkylation sites (N-methyl/N-ethyl adjacent to an activating group) is 1. The minimum Gasteiger partial charge on any atom is -0.394 e. The zero-order valence-electron chi connectivity index (χ0n) is 9.03. The molecule has 0 aromatic carbocycles. The van der Waals surface area contributed by atoms with Crippen molar-refractivity contribution in [3.8, 4) is 0 Å². The lowest BCUT2D eigenvalue weighted by molar-refractivity contribution is 0.0660. The molecular weight excluding hydrogens is 166 g/mol. The van der Waals surface area contributed by atoms with E-state index in [1.165, 1.54) is 6.42 Å². The smallest absolute Gasteiger partial charge is 0.0897 e. The minimum atomic E-state index is -0.593. The van der Waals surface area contributed by atoms with Crippen LogP contribution in [0.3, 0.4) is 0 Å². The molecule has 1 atom stereocenters. The molecule has 0 saturated heterocycles. The average molecular weight is 189 g/mol. The van der Waals surface area contributed by atoms with Crippen LogP contribution in [0.4, 0.5) is 0 Å². The summed E-state index contributed by atoms with van der Waals surface area (Å²) in [6, 6.07) is 0. The van der Waals surface area contributed by atoms with E-state index in [2.05, 4.69) is 18.7 Å². The highest BCUT2D eigenvalue weighted by Crippen LogP contribution is 2.04. The second-order valence-corrected chi connectivity index (χ2v) is 4.13. The molecule has 13 heavy (non-hydrogen) atoms. The highest BCUT2D eigenvalue weighted by molar-refractivity contribution is 4.60. The van der Waals surface area contributed by atoms with Gasteiger partial charge < -0.3 is 15.1 Å². The van der Waals surface area contributed by atoms with Gasteiger partial charge >= 0.3 is 0 Å². The molecular formula is C10H23NO2. The van der Waals surface area contributed by atoms with Crippen molar-refractivity contribution in [1.29, 1.82) is 0 Å². The Kier molecular flexibility index (Phi) is 7.23. The largest absolute Gasteiger partial charge is 0.394 e. The Morgan fingerprint density at radius 2 is 1.92 bits per heavy atom. The molecule has 1 unspecified atom stereocenters. The summed E-state index contributed by atoms with van der Waals surface area (Å²) in [7, 11) is 1.97. The summed E-state index contributed by atoms with van der Waals surface area (Å²) >= 11 is 0. The maximum atomic E-state index is 9.15. The Morgan fingerprint density at radius 3 is 2.38 bits per heavy atom. The Hall–Kier alpha value is -0.120. The van der Waals surface area contributed by atoms with Crippen LogP contribution < -0.4 is 0 Å². The summed E-state index contributed by atoms with van der Waals surface area (Å²) in [6.45, 7) is 5.84. The van der Waals surface area contributed by atoms with Crippen LogP contribution in [0.5, 0.6) is 0 Å². The first kappa shape index (κ1) is 12.9. The van der Waals surface area contributed by atoms with E-state index < -0.39 is 6.10 Å². The van der Waals surface area contributed by atoms with Gasteiger partial charge in [0.2, 0.25) is 0 Å². The zero-order chi connectivity index (χ0) is 10.3. The van der Waals surface area contributed by atoms with Gasteiger partial charge in [0.1, 0.15) is 0 Å². The van der Waals surface area contributed by atoms with E-state index in [0.717, 1.165) is 18.9 Å². The standard InChI is InChI=1S/C10H23NO2/c1-9(2)5-4-6-11(3)7-10(13)8-12/h9-10,12-13H,4-8H2,1-3H3. The molecule has 0 bridgehead atoms. The lowest BCUT2D eigenvalue weighted by atomic mass is 10.1. The van der Waals surface area contributed by atoms with Gasteiger partial charge in [0.25, 0.3) is 0 Å². The van der Waals surface area contributed by atoms with Gasteiger partial charge in [-0.3, -0.25) is 0 Å². The van der Waals surface area contributed by atoms with Crippen molar-refractivity contribution in [1.82, 2.24) is 4.90 Å². The highest BCUT2D eigenvalue weighted by atomic mass is 16.3. The molecule has 0 aliphatic carbocycles. The van der Waals surface area contributed by atoms with Crippen molar-refractivity contribution in [2.75, 3.05) is 26.7 Å². The third kappa shape index (κ3) is 8.22. The van der Waals surface area contributed by atoms with Crippen LogP contribution in [-0.4, -0.2) is 48.0 Å². The van der Waals surface area contributed by atoms with Crippen LogP contribution in [-0.2, 0) is 0 Å². The molecule has 3 nitrogen and oxygen atoms in total. The first-order valence-corrected chi connectivity index (χ1v) is 5.03. The fourth-order valence-electron chi connectivity index (χ4n) is 1.28. The molecule has 0 aliphatic heterocycles. The Morgan fingerprint density at radius 1 is 1.31 bits per heavy atom. The normalized spacial score (nSPS) is 14.1. The minimum absolute atomic E-state index is 0.144. The van der Waals surface area contributed by atoms with Crippen molar-refractivity contribution in [2.24, 2.45) is 5.92 Å². The number of hydrogen-bond donors (Lipinski definition) is 2. The molecule has 0 aromatic rings. The van der Waals surface area contributed by atoms with Gasteiger partial charge in [-0.05, 0) is 32.4 Å². The van der Waals surface area contributed by atoms with Gasteiger partial charge in [-0.1, -0.05) is 13.8 Å². The SMILES string of the molecule is CC(C)CCCN(C)CC(O)CO. The molecule has 0 amide bonds. The summed E-state index contributed by atoms with van der Waals surface area (Å²) in [5.41, 5.74) is 0. The van der Waals surface area contributed by atoms with Gasteiger partial charge in [-0.2, -0.15) is 0 Å². The lowest BCUT2D eigenvalue weighted by Crippen LogP contribution is -2.32. The number of aliphatic hydroxyl groups is 2. The van der Waals surface area contributed by atoms with E-state index in [4.69, 9.17) is 10.2 Å². The summed E-state index contributed by atoms with van der Waals surface area (Å²) in [4.78, 5) is 2.06. The van der Waals surface area contributed by atoms with E-state index in [9.17, 15) is 0 Å². The first-order chi connectivity index (χ1) is 6.06. The van der Waals surface area contributed by atoms with E-state index in [0.29, 0.717) is 6.54 Å². The molecule has 0 aliphatic rings. The van der Waals surface area contributed by atoms with Crippen LogP contribution in [0.25, 0.3) is 0 Å². The number of rotatable bonds is 7. The highest BCUT2D eigenvalue weighted by Gasteiger charge is 2.06. The van der Waals surface area contributed by atoms with Crippen LogP contribution in [0, 0.1) is 5.92 Å². The van der Waals surface area contributed by atoms with E-state index in [1.54, 1.807) is 0 Å². The van der Waals surface area contributed by atoms with Crippen molar-refractivity contribution in [2.45, 2.75) is 32.8 Å². The number of aliphatic hydroxyl groups excluding tert-OH is 2. The summed E-state index contributed by atoms with van der Waals surface area (Å²) in [6.07, 6.45) is 1.79. The van der Waals surface area contributed by atoms with Gasteiger partial charge in [0.05, 0.1) is 12.7 Å². The Bertz CT molecular complexity index is 117. The third-order valence-electron chi connectivity index (χ3n) is 2.05. The maximum absolute atomic E-state index is 9.15. The predicted molar refractivity (Wildman–Crippen MR) is 54.7 cm³/mol. The third-order valence-corrected chi connectivity index (χ3v) is 2.05. The molecule has 0 rings (SSSR count). The summed E-state index contributed by atoms with van der Waals surface area (Å²) in [5.74, 6) is 0.746.